The molecule has 35 heavy (non-hydrogen) atoms. The van der Waals surface area contributed by atoms with Gasteiger partial charge in [0.1, 0.15) is 11.5 Å². The summed E-state index contributed by atoms with van der Waals surface area (Å²) in [5.74, 6) is 0.321. The molecule has 0 saturated heterocycles. The van der Waals surface area contributed by atoms with Gasteiger partial charge in [-0.1, -0.05) is 75.6 Å². The summed E-state index contributed by atoms with van der Waals surface area (Å²) in [7, 11) is 0. The van der Waals surface area contributed by atoms with Gasteiger partial charge in [0, 0.05) is 12.8 Å². The van der Waals surface area contributed by atoms with Gasteiger partial charge in [0.05, 0.1) is 0 Å². The molecule has 0 heterocycles. The molecule has 2 rings (SSSR count). The molecule has 5 heteroatoms. The van der Waals surface area contributed by atoms with Crippen LogP contribution in [0.1, 0.15) is 101 Å². The van der Waals surface area contributed by atoms with Gasteiger partial charge in [-0.15, -0.1) is 0 Å². The monoisotopic (exact) mass is 482 g/mol. The summed E-state index contributed by atoms with van der Waals surface area (Å²) in [5.41, 5.74) is 2.77. The minimum Gasteiger partial charge on any atom is -0.481 e. The second-order valence-electron chi connectivity index (χ2n) is 9.38. The standard InChI is InChI=1S/C30H42O5/c31-29(32)20-14-7-3-1-5-10-16-25-22-23-28(35-27-18-12-9-13-19-27)24-26(25)17-11-6-2-4-8-15-21-30(33)34/h9,12-13,18-19,22-24H,1-8,10-11,14-17,20-21H2,(H,31,32)(H,33,34). The third kappa shape index (κ3) is 13.6. The highest BCUT2D eigenvalue weighted by molar-refractivity contribution is 5.66. The lowest BCUT2D eigenvalue weighted by Crippen LogP contribution is -1.97. The SMILES string of the molecule is O=C(O)CCCCCCCCc1ccc(Oc2ccccc2)cc1CCCCCCCCC(=O)O. The third-order valence-corrected chi connectivity index (χ3v) is 6.33. The van der Waals surface area contributed by atoms with E-state index in [0.29, 0.717) is 0 Å². The fourth-order valence-corrected chi connectivity index (χ4v) is 4.36. The summed E-state index contributed by atoms with van der Waals surface area (Å²) in [6.45, 7) is 0. The van der Waals surface area contributed by atoms with Crippen molar-refractivity contribution in [3.63, 3.8) is 0 Å². The number of hydrogen-bond donors (Lipinski definition) is 2. The fraction of sp³-hybridized carbons (Fsp3) is 0.533. The Morgan fingerprint density at radius 2 is 1.03 bits per heavy atom. The highest BCUT2D eigenvalue weighted by Crippen LogP contribution is 2.26. The van der Waals surface area contributed by atoms with Gasteiger partial charge in [-0.25, -0.2) is 0 Å². The van der Waals surface area contributed by atoms with Crippen LogP contribution in [0, 0.1) is 0 Å². The van der Waals surface area contributed by atoms with Crippen molar-refractivity contribution in [1.29, 1.82) is 0 Å². The molecule has 0 aliphatic carbocycles. The molecule has 0 atom stereocenters. The molecule has 0 spiro atoms. The molecule has 0 unspecified atom stereocenters. The van der Waals surface area contributed by atoms with Crippen LogP contribution in [0.15, 0.2) is 48.5 Å². The van der Waals surface area contributed by atoms with Gasteiger partial charge in [-0.3, -0.25) is 9.59 Å². The molecule has 0 aliphatic heterocycles. The van der Waals surface area contributed by atoms with Gasteiger partial charge in [-0.05, 0) is 73.9 Å². The molecule has 0 amide bonds. The smallest absolute Gasteiger partial charge is 0.303 e. The molecule has 0 aromatic heterocycles. The van der Waals surface area contributed by atoms with Crippen LogP contribution in [0.2, 0.25) is 0 Å². The van der Waals surface area contributed by atoms with Crippen molar-refractivity contribution in [2.75, 3.05) is 0 Å². The van der Waals surface area contributed by atoms with Gasteiger partial charge in [0.15, 0.2) is 0 Å². The minimum atomic E-state index is -0.701. The summed E-state index contributed by atoms with van der Waals surface area (Å²) in [6, 6.07) is 16.3. The van der Waals surface area contributed by atoms with E-state index in [1.165, 1.54) is 17.5 Å². The molecule has 192 valence electrons. The topological polar surface area (TPSA) is 83.8 Å². The van der Waals surface area contributed by atoms with Crippen molar-refractivity contribution in [2.45, 2.75) is 103 Å². The number of carbonyl (C=O) groups is 2. The zero-order valence-electron chi connectivity index (χ0n) is 21.1. The highest BCUT2D eigenvalue weighted by atomic mass is 16.5. The predicted molar refractivity (Wildman–Crippen MR) is 140 cm³/mol. The van der Waals surface area contributed by atoms with Crippen molar-refractivity contribution >= 4 is 11.9 Å². The Labute approximate surface area is 210 Å². The first-order valence-electron chi connectivity index (χ1n) is 13.3. The third-order valence-electron chi connectivity index (χ3n) is 6.33. The second-order valence-corrected chi connectivity index (χ2v) is 9.38. The number of unbranched alkanes of at least 4 members (excludes halogenated alkanes) is 10. The Kier molecular flexibility index (Phi) is 14.3. The van der Waals surface area contributed by atoms with E-state index in [1.807, 2.05) is 30.3 Å². The van der Waals surface area contributed by atoms with Gasteiger partial charge in [0.2, 0.25) is 0 Å². The Bertz CT molecular complexity index is 862. The van der Waals surface area contributed by atoms with Crippen LogP contribution in [-0.4, -0.2) is 22.2 Å². The lowest BCUT2D eigenvalue weighted by atomic mass is 9.96. The molecule has 2 N–H and O–H groups in total. The van der Waals surface area contributed by atoms with Crippen LogP contribution in [-0.2, 0) is 22.4 Å². The van der Waals surface area contributed by atoms with E-state index in [2.05, 4.69) is 18.2 Å². The molecule has 2 aromatic carbocycles. The fourth-order valence-electron chi connectivity index (χ4n) is 4.36. The zero-order valence-corrected chi connectivity index (χ0v) is 21.1. The molecule has 0 fully saturated rings. The molecule has 0 saturated carbocycles. The number of benzene rings is 2. The molecular weight excluding hydrogens is 440 g/mol. The van der Waals surface area contributed by atoms with Crippen LogP contribution in [0.5, 0.6) is 11.5 Å². The summed E-state index contributed by atoms with van der Waals surface area (Å²) in [4.78, 5) is 21.2. The number of aryl methyl sites for hydroxylation is 2. The summed E-state index contributed by atoms with van der Waals surface area (Å²) in [6.07, 6.45) is 15.3. The maximum atomic E-state index is 10.6. The second kappa shape index (κ2) is 17.6. The van der Waals surface area contributed by atoms with Crippen molar-refractivity contribution in [2.24, 2.45) is 0 Å². The van der Waals surface area contributed by atoms with E-state index < -0.39 is 11.9 Å². The predicted octanol–water partition coefficient (Wildman–Crippen LogP) is 8.19. The number of hydrogen-bond acceptors (Lipinski definition) is 3. The maximum Gasteiger partial charge on any atom is 0.303 e. The van der Waals surface area contributed by atoms with Gasteiger partial charge < -0.3 is 14.9 Å². The van der Waals surface area contributed by atoms with Crippen molar-refractivity contribution in [3.05, 3.63) is 59.7 Å². The first-order valence-corrected chi connectivity index (χ1v) is 13.3. The van der Waals surface area contributed by atoms with E-state index in [0.717, 1.165) is 95.0 Å². The van der Waals surface area contributed by atoms with E-state index in [1.54, 1.807) is 0 Å². The number of carboxylic acids is 2. The van der Waals surface area contributed by atoms with E-state index in [4.69, 9.17) is 14.9 Å². The zero-order chi connectivity index (χ0) is 25.1. The van der Waals surface area contributed by atoms with Crippen LogP contribution < -0.4 is 4.74 Å². The van der Waals surface area contributed by atoms with Crippen LogP contribution in [0.25, 0.3) is 0 Å². The Morgan fingerprint density at radius 3 is 1.57 bits per heavy atom. The average molecular weight is 483 g/mol. The first-order chi connectivity index (χ1) is 17.0. The van der Waals surface area contributed by atoms with E-state index in [-0.39, 0.29) is 12.8 Å². The molecule has 2 aromatic rings. The number of carboxylic acid groups (broad SMARTS) is 2. The van der Waals surface area contributed by atoms with Crippen molar-refractivity contribution in [3.8, 4) is 11.5 Å². The molecular formula is C30H42O5. The average Bonchev–Trinajstić information content (AvgIpc) is 2.83. The van der Waals surface area contributed by atoms with Crippen molar-refractivity contribution < 1.29 is 24.5 Å². The number of para-hydroxylation sites is 1. The van der Waals surface area contributed by atoms with Crippen molar-refractivity contribution in [1.82, 2.24) is 0 Å². The number of ether oxygens (including phenoxy) is 1. The lowest BCUT2D eigenvalue weighted by Gasteiger charge is -2.13. The van der Waals surface area contributed by atoms with E-state index >= 15 is 0 Å². The number of rotatable bonds is 20. The molecule has 0 bridgehead atoms. The van der Waals surface area contributed by atoms with Gasteiger partial charge in [-0.2, -0.15) is 0 Å². The van der Waals surface area contributed by atoms with Crippen LogP contribution in [0.4, 0.5) is 0 Å². The summed E-state index contributed by atoms with van der Waals surface area (Å²) < 4.78 is 6.07. The maximum absolute atomic E-state index is 10.6. The lowest BCUT2D eigenvalue weighted by molar-refractivity contribution is -0.138. The van der Waals surface area contributed by atoms with Gasteiger partial charge >= 0.3 is 11.9 Å². The molecule has 5 nitrogen and oxygen atoms in total. The normalized spacial score (nSPS) is 10.9. The van der Waals surface area contributed by atoms with E-state index in [9.17, 15) is 9.59 Å². The first kappa shape index (κ1) is 28.4. The minimum absolute atomic E-state index is 0.278. The molecule has 0 aliphatic rings. The van der Waals surface area contributed by atoms with Gasteiger partial charge in [0.25, 0.3) is 0 Å². The number of aliphatic carboxylic acids is 2. The Morgan fingerprint density at radius 1 is 0.543 bits per heavy atom. The summed E-state index contributed by atoms with van der Waals surface area (Å²) in [5, 5.41) is 17.5. The molecule has 0 radical (unpaired) electrons. The Hall–Kier alpha value is -2.82. The highest BCUT2D eigenvalue weighted by Gasteiger charge is 2.07. The summed E-state index contributed by atoms with van der Waals surface area (Å²) >= 11 is 0. The Balaban J connectivity index is 1.80. The quantitative estimate of drug-likeness (QED) is 0.186. The largest absolute Gasteiger partial charge is 0.481 e. The van der Waals surface area contributed by atoms with Crippen LogP contribution >= 0.6 is 0 Å². The van der Waals surface area contributed by atoms with Crippen LogP contribution in [0.3, 0.4) is 0 Å².